The zero-order valence-electron chi connectivity index (χ0n) is 9.39. The van der Waals surface area contributed by atoms with Gasteiger partial charge in [-0.1, -0.05) is 18.9 Å². The molecule has 2 heteroatoms. The molecule has 0 amide bonds. The van der Waals surface area contributed by atoms with Gasteiger partial charge < -0.3 is 5.32 Å². The predicted molar refractivity (Wildman–Crippen MR) is 61.6 cm³/mol. The minimum Gasteiger partial charge on any atom is -0.380 e. The van der Waals surface area contributed by atoms with Crippen LogP contribution in [0, 0.1) is 18.7 Å². The van der Waals surface area contributed by atoms with Crippen LogP contribution in [0.4, 0.5) is 10.1 Å². The van der Waals surface area contributed by atoms with E-state index in [1.54, 1.807) is 6.07 Å². The SMILES string of the molecule is Cc1ccc(F)c(NC(C)CC2CC2)c1. The van der Waals surface area contributed by atoms with Crippen LogP contribution in [0.25, 0.3) is 0 Å². The number of nitrogens with one attached hydrogen (secondary N) is 1. The Morgan fingerprint density at radius 3 is 2.87 bits per heavy atom. The van der Waals surface area contributed by atoms with Crippen molar-refractivity contribution in [1.29, 1.82) is 0 Å². The lowest BCUT2D eigenvalue weighted by Gasteiger charge is -2.15. The van der Waals surface area contributed by atoms with E-state index in [2.05, 4.69) is 12.2 Å². The highest BCUT2D eigenvalue weighted by molar-refractivity contribution is 5.47. The summed E-state index contributed by atoms with van der Waals surface area (Å²) in [5.74, 6) is 0.726. The minimum atomic E-state index is -0.150. The Kier molecular flexibility index (Phi) is 2.94. The fourth-order valence-electron chi connectivity index (χ4n) is 1.93. The molecule has 15 heavy (non-hydrogen) atoms. The Bertz CT molecular complexity index is 344. The summed E-state index contributed by atoms with van der Waals surface area (Å²) in [5.41, 5.74) is 1.74. The fraction of sp³-hybridized carbons (Fsp3) is 0.538. The van der Waals surface area contributed by atoms with E-state index in [4.69, 9.17) is 0 Å². The zero-order chi connectivity index (χ0) is 10.8. The maximum absolute atomic E-state index is 13.4. The molecule has 1 unspecified atom stereocenters. The third-order valence-electron chi connectivity index (χ3n) is 2.91. The zero-order valence-corrected chi connectivity index (χ0v) is 9.39. The number of aryl methyl sites for hydroxylation is 1. The van der Waals surface area contributed by atoms with E-state index in [1.807, 2.05) is 13.0 Å². The van der Waals surface area contributed by atoms with Gasteiger partial charge in [-0.2, -0.15) is 0 Å². The van der Waals surface area contributed by atoms with Gasteiger partial charge in [-0.05, 0) is 43.9 Å². The van der Waals surface area contributed by atoms with E-state index in [9.17, 15) is 4.39 Å². The van der Waals surface area contributed by atoms with Crippen LogP contribution in [0.3, 0.4) is 0 Å². The van der Waals surface area contributed by atoms with Gasteiger partial charge >= 0.3 is 0 Å². The standard InChI is InChI=1S/C13H18FN/c1-9-3-6-12(14)13(7-9)15-10(2)8-11-4-5-11/h3,6-7,10-11,15H,4-5,8H2,1-2H3. The van der Waals surface area contributed by atoms with Gasteiger partial charge in [0.1, 0.15) is 5.82 Å². The molecule has 0 bridgehead atoms. The van der Waals surface area contributed by atoms with Crippen molar-refractivity contribution in [3.05, 3.63) is 29.6 Å². The lowest BCUT2D eigenvalue weighted by atomic mass is 10.1. The molecule has 1 atom stereocenters. The molecule has 82 valence electrons. The maximum Gasteiger partial charge on any atom is 0.146 e. The van der Waals surface area contributed by atoms with Crippen LogP contribution in [-0.2, 0) is 0 Å². The summed E-state index contributed by atoms with van der Waals surface area (Å²) in [6.45, 7) is 4.11. The molecule has 1 N–H and O–H groups in total. The molecule has 1 fully saturated rings. The van der Waals surface area contributed by atoms with Crippen LogP contribution >= 0.6 is 0 Å². The molecule has 0 heterocycles. The number of hydrogen-bond acceptors (Lipinski definition) is 1. The smallest absolute Gasteiger partial charge is 0.146 e. The van der Waals surface area contributed by atoms with Gasteiger partial charge in [0, 0.05) is 6.04 Å². The Hall–Kier alpha value is -1.05. The molecule has 1 nitrogen and oxygen atoms in total. The monoisotopic (exact) mass is 207 g/mol. The largest absolute Gasteiger partial charge is 0.380 e. The quantitative estimate of drug-likeness (QED) is 0.793. The summed E-state index contributed by atoms with van der Waals surface area (Å²) in [6.07, 6.45) is 3.86. The second-order valence-corrected chi connectivity index (χ2v) is 4.71. The molecule has 2 rings (SSSR count). The Labute approximate surface area is 90.7 Å². The van der Waals surface area contributed by atoms with Crippen molar-refractivity contribution in [2.24, 2.45) is 5.92 Å². The minimum absolute atomic E-state index is 0.150. The first-order valence-electron chi connectivity index (χ1n) is 5.68. The third-order valence-corrected chi connectivity index (χ3v) is 2.91. The van der Waals surface area contributed by atoms with Crippen LogP contribution in [0.15, 0.2) is 18.2 Å². The molecule has 0 radical (unpaired) electrons. The highest BCUT2D eigenvalue weighted by Gasteiger charge is 2.23. The van der Waals surface area contributed by atoms with Gasteiger partial charge in [0.2, 0.25) is 0 Å². The second kappa shape index (κ2) is 4.21. The normalized spacial score (nSPS) is 17.5. The Morgan fingerprint density at radius 2 is 2.20 bits per heavy atom. The van der Waals surface area contributed by atoms with Crippen LogP contribution in [0.5, 0.6) is 0 Å². The van der Waals surface area contributed by atoms with Crippen molar-refractivity contribution in [3.63, 3.8) is 0 Å². The Balaban J connectivity index is 1.98. The summed E-state index contributed by atoms with van der Waals surface area (Å²) in [4.78, 5) is 0. The van der Waals surface area contributed by atoms with Crippen LogP contribution in [0.1, 0.15) is 31.7 Å². The van der Waals surface area contributed by atoms with Crippen molar-refractivity contribution in [2.75, 3.05) is 5.32 Å². The lowest BCUT2D eigenvalue weighted by molar-refractivity contribution is 0.610. The van der Waals surface area contributed by atoms with Crippen LogP contribution < -0.4 is 5.32 Å². The van der Waals surface area contributed by atoms with E-state index in [-0.39, 0.29) is 5.82 Å². The van der Waals surface area contributed by atoms with Crippen molar-refractivity contribution < 1.29 is 4.39 Å². The predicted octanol–water partition coefficient (Wildman–Crippen LogP) is 3.73. The van der Waals surface area contributed by atoms with Crippen molar-refractivity contribution in [3.8, 4) is 0 Å². The van der Waals surface area contributed by atoms with Crippen LogP contribution in [-0.4, -0.2) is 6.04 Å². The van der Waals surface area contributed by atoms with Gasteiger partial charge in [0.25, 0.3) is 0 Å². The van der Waals surface area contributed by atoms with Crippen molar-refractivity contribution >= 4 is 5.69 Å². The van der Waals surface area contributed by atoms with Gasteiger partial charge in [0.15, 0.2) is 0 Å². The van der Waals surface area contributed by atoms with Gasteiger partial charge in [-0.15, -0.1) is 0 Å². The molecule has 1 aromatic carbocycles. The molecular formula is C13H18FN. The Morgan fingerprint density at radius 1 is 1.47 bits per heavy atom. The lowest BCUT2D eigenvalue weighted by Crippen LogP contribution is -2.16. The molecule has 1 saturated carbocycles. The number of halogens is 1. The topological polar surface area (TPSA) is 12.0 Å². The number of anilines is 1. The van der Waals surface area contributed by atoms with E-state index in [0.29, 0.717) is 11.7 Å². The van der Waals surface area contributed by atoms with Gasteiger partial charge in [-0.25, -0.2) is 4.39 Å². The first-order chi connectivity index (χ1) is 7.15. The highest BCUT2D eigenvalue weighted by atomic mass is 19.1. The molecule has 0 spiro atoms. The van der Waals surface area contributed by atoms with E-state index < -0.39 is 0 Å². The second-order valence-electron chi connectivity index (χ2n) is 4.71. The van der Waals surface area contributed by atoms with Crippen LogP contribution in [0.2, 0.25) is 0 Å². The number of hydrogen-bond donors (Lipinski definition) is 1. The third kappa shape index (κ3) is 2.95. The number of rotatable bonds is 4. The summed E-state index contributed by atoms with van der Waals surface area (Å²) in [5, 5.41) is 3.25. The molecule has 1 aliphatic rings. The molecule has 1 aromatic rings. The molecule has 0 aromatic heterocycles. The van der Waals surface area contributed by atoms with Gasteiger partial charge in [-0.3, -0.25) is 0 Å². The summed E-state index contributed by atoms with van der Waals surface area (Å²) in [7, 11) is 0. The summed E-state index contributed by atoms with van der Waals surface area (Å²) in [6, 6.07) is 5.57. The van der Waals surface area contributed by atoms with Crippen molar-refractivity contribution in [2.45, 2.75) is 39.2 Å². The average Bonchev–Trinajstić information content (AvgIpc) is 2.95. The molecule has 1 aliphatic carbocycles. The van der Waals surface area contributed by atoms with E-state index >= 15 is 0 Å². The first-order valence-corrected chi connectivity index (χ1v) is 5.68. The fourth-order valence-corrected chi connectivity index (χ4v) is 1.93. The summed E-state index contributed by atoms with van der Waals surface area (Å²) < 4.78 is 13.4. The number of benzene rings is 1. The van der Waals surface area contributed by atoms with E-state index in [1.165, 1.54) is 18.9 Å². The summed E-state index contributed by atoms with van der Waals surface area (Å²) >= 11 is 0. The van der Waals surface area contributed by atoms with Gasteiger partial charge in [0.05, 0.1) is 5.69 Å². The first kappa shape index (κ1) is 10.5. The molecular weight excluding hydrogens is 189 g/mol. The van der Waals surface area contributed by atoms with E-state index in [0.717, 1.165) is 17.9 Å². The van der Waals surface area contributed by atoms with Crippen molar-refractivity contribution in [1.82, 2.24) is 0 Å². The highest BCUT2D eigenvalue weighted by Crippen LogP contribution is 2.34. The maximum atomic E-state index is 13.4. The molecule has 0 aliphatic heterocycles. The average molecular weight is 207 g/mol. The molecule has 0 saturated heterocycles.